The molecule has 6 nitrogen and oxygen atoms in total. The number of hydrogen-bond donors (Lipinski definition) is 3. The summed E-state index contributed by atoms with van der Waals surface area (Å²) in [6.07, 6.45) is 3.05. The average Bonchev–Trinajstić information content (AvgIpc) is 2.89. The van der Waals surface area contributed by atoms with E-state index < -0.39 is 0 Å². The lowest BCUT2D eigenvalue weighted by Gasteiger charge is -2.42. The Bertz CT molecular complexity index is 790. The molecule has 6 heteroatoms. The minimum atomic E-state index is -0.191. The summed E-state index contributed by atoms with van der Waals surface area (Å²) in [4.78, 5) is 31.2. The van der Waals surface area contributed by atoms with Gasteiger partial charge in [-0.05, 0) is 42.4 Å². The number of H-pyrrole nitrogens is 2. The summed E-state index contributed by atoms with van der Waals surface area (Å²) in [5, 5.41) is 0. The van der Waals surface area contributed by atoms with Crippen LogP contribution in [0, 0.1) is 5.41 Å². The highest BCUT2D eigenvalue weighted by Crippen LogP contribution is 2.28. The van der Waals surface area contributed by atoms with Crippen LogP contribution in [0.15, 0.2) is 23.0 Å². The van der Waals surface area contributed by atoms with Gasteiger partial charge in [0.25, 0.3) is 0 Å². The summed E-state index contributed by atoms with van der Waals surface area (Å²) in [5.74, 6) is 0.214. The zero-order valence-electron chi connectivity index (χ0n) is 14.4. The number of benzene rings is 1. The summed E-state index contributed by atoms with van der Waals surface area (Å²) in [6.45, 7) is 5.76. The molecular weight excluding hydrogens is 304 g/mol. The van der Waals surface area contributed by atoms with Crippen LogP contribution in [0.5, 0.6) is 0 Å². The number of nitrogens with two attached hydrogens (primary N) is 1. The number of nitrogens with zero attached hydrogens (tertiary/aromatic N) is 1. The van der Waals surface area contributed by atoms with Crippen molar-refractivity contribution < 1.29 is 4.79 Å². The fourth-order valence-electron chi connectivity index (χ4n) is 3.42. The number of aryl methyl sites for hydroxylation is 1. The molecule has 0 radical (unpaired) electrons. The second-order valence-corrected chi connectivity index (χ2v) is 7.51. The maximum atomic E-state index is 12.4. The summed E-state index contributed by atoms with van der Waals surface area (Å²) < 4.78 is 0. The fourth-order valence-corrected chi connectivity index (χ4v) is 3.42. The zero-order valence-corrected chi connectivity index (χ0v) is 14.4. The molecule has 2 heterocycles. The fraction of sp³-hybridized carbons (Fsp3) is 0.556. The van der Waals surface area contributed by atoms with Crippen molar-refractivity contribution in [1.29, 1.82) is 0 Å². The van der Waals surface area contributed by atoms with Crippen molar-refractivity contribution in [2.75, 3.05) is 13.1 Å². The summed E-state index contributed by atoms with van der Waals surface area (Å²) in [5.41, 5.74) is 8.68. The number of piperidine rings is 1. The van der Waals surface area contributed by atoms with Gasteiger partial charge in [0.1, 0.15) is 0 Å². The summed E-state index contributed by atoms with van der Waals surface area (Å²) in [6, 6.07) is 6.04. The number of rotatable bonds is 4. The molecule has 0 aliphatic carbocycles. The molecule has 1 fully saturated rings. The number of fused-ring (bicyclic) bond motifs is 1. The van der Waals surface area contributed by atoms with Crippen LogP contribution >= 0.6 is 0 Å². The van der Waals surface area contributed by atoms with Crippen molar-refractivity contribution in [3.63, 3.8) is 0 Å². The molecule has 130 valence electrons. The molecule has 1 saturated heterocycles. The molecule has 1 atom stereocenters. The first-order chi connectivity index (χ1) is 11.3. The Morgan fingerprint density at radius 2 is 2.08 bits per heavy atom. The van der Waals surface area contributed by atoms with Crippen molar-refractivity contribution in [2.24, 2.45) is 11.1 Å². The molecule has 1 unspecified atom stereocenters. The second-order valence-electron chi connectivity index (χ2n) is 7.51. The van der Waals surface area contributed by atoms with E-state index in [0.717, 1.165) is 48.9 Å². The highest BCUT2D eigenvalue weighted by atomic mass is 16.2. The molecule has 1 aliphatic rings. The van der Waals surface area contributed by atoms with E-state index in [-0.39, 0.29) is 23.1 Å². The van der Waals surface area contributed by atoms with Crippen LogP contribution in [0.2, 0.25) is 0 Å². The molecule has 0 spiro atoms. The minimum Gasteiger partial charge on any atom is -0.342 e. The largest absolute Gasteiger partial charge is 0.342 e. The smallest absolute Gasteiger partial charge is 0.323 e. The van der Waals surface area contributed by atoms with E-state index in [0.29, 0.717) is 6.42 Å². The lowest BCUT2D eigenvalue weighted by molar-refractivity contribution is -0.134. The lowest BCUT2D eigenvalue weighted by atomic mass is 9.79. The standard InChI is InChI=1S/C18H26N4O2/c1-18(2)11-22(9-8-15(18)19)16(23)5-3-4-12-6-7-13-14(10-12)21-17(24)20-13/h6-7,10,15H,3-5,8-9,11,19H2,1-2H3,(H2,20,21,24). The van der Waals surface area contributed by atoms with Crippen molar-refractivity contribution in [3.05, 3.63) is 34.2 Å². The van der Waals surface area contributed by atoms with Crippen LogP contribution in [0.3, 0.4) is 0 Å². The quantitative estimate of drug-likeness (QED) is 0.797. The van der Waals surface area contributed by atoms with Gasteiger partial charge in [0.2, 0.25) is 5.91 Å². The number of carbonyl (C=O) groups is 1. The predicted molar refractivity (Wildman–Crippen MR) is 94.8 cm³/mol. The van der Waals surface area contributed by atoms with Crippen LogP contribution in [0.4, 0.5) is 0 Å². The van der Waals surface area contributed by atoms with Crippen LogP contribution in [0.25, 0.3) is 11.0 Å². The molecule has 1 aromatic carbocycles. The number of likely N-dealkylation sites (tertiary alicyclic amines) is 1. The Labute approximate surface area is 141 Å². The molecule has 1 amide bonds. The Hall–Kier alpha value is -2.08. The van der Waals surface area contributed by atoms with Crippen molar-refractivity contribution in [2.45, 2.75) is 45.6 Å². The van der Waals surface area contributed by atoms with Gasteiger partial charge in [-0.1, -0.05) is 19.9 Å². The van der Waals surface area contributed by atoms with Crippen LogP contribution in [0.1, 0.15) is 38.7 Å². The van der Waals surface area contributed by atoms with Gasteiger partial charge in [-0.3, -0.25) is 4.79 Å². The number of carbonyl (C=O) groups excluding carboxylic acids is 1. The van der Waals surface area contributed by atoms with Gasteiger partial charge in [0.15, 0.2) is 0 Å². The van der Waals surface area contributed by atoms with Crippen LogP contribution < -0.4 is 11.4 Å². The molecule has 0 bridgehead atoms. The van der Waals surface area contributed by atoms with Crippen molar-refractivity contribution >= 4 is 16.9 Å². The Balaban J connectivity index is 1.53. The van der Waals surface area contributed by atoms with Crippen LogP contribution in [-0.4, -0.2) is 39.9 Å². The third-order valence-corrected chi connectivity index (χ3v) is 5.10. The van der Waals surface area contributed by atoms with Crippen molar-refractivity contribution in [1.82, 2.24) is 14.9 Å². The van der Waals surface area contributed by atoms with Gasteiger partial charge in [0, 0.05) is 25.6 Å². The normalized spacial score (nSPS) is 20.5. The highest BCUT2D eigenvalue weighted by Gasteiger charge is 2.34. The van der Waals surface area contributed by atoms with E-state index in [1.54, 1.807) is 0 Å². The second kappa shape index (κ2) is 6.43. The molecule has 24 heavy (non-hydrogen) atoms. The molecule has 1 aromatic heterocycles. The third-order valence-electron chi connectivity index (χ3n) is 5.10. The maximum absolute atomic E-state index is 12.4. The molecule has 3 rings (SSSR count). The van der Waals surface area contributed by atoms with Gasteiger partial charge < -0.3 is 20.6 Å². The van der Waals surface area contributed by atoms with Gasteiger partial charge in [-0.15, -0.1) is 0 Å². The first-order valence-electron chi connectivity index (χ1n) is 8.59. The van der Waals surface area contributed by atoms with E-state index >= 15 is 0 Å². The number of amides is 1. The highest BCUT2D eigenvalue weighted by molar-refractivity contribution is 5.77. The van der Waals surface area contributed by atoms with Gasteiger partial charge in [-0.25, -0.2) is 4.79 Å². The predicted octanol–water partition coefficient (Wildman–Crippen LogP) is 1.76. The minimum absolute atomic E-state index is 0.0148. The van der Waals surface area contributed by atoms with Gasteiger partial charge >= 0.3 is 5.69 Å². The molecule has 0 saturated carbocycles. The third kappa shape index (κ3) is 3.53. The summed E-state index contributed by atoms with van der Waals surface area (Å²) >= 11 is 0. The number of aromatic amines is 2. The molecule has 4 N–H and O–H groups in total. The van der Waals surface area contributed by atoms with Gasteiger partial charge in [-0.2, -0.15) is 0 Å². The molecule has 2 aromatic rings. The topological polar surface area (TPSA) is 95.0 Å². The molecule has 1 aliphatic heterocycles. The number of aromatic nitrogens is 2. The number of imidazole rings is 1. The Morgan fingerprint density at radius 3 is 2.83 bits per heavy atom. The van der Waals surface area contributed by atoms with Crippen LogP contribution in [-0.2, 0) is 11.2 Å². The Kier molecular flexibility index (Phi) is 4.49. The summed E-state index contributed by atoms with van der Waals surface area (Å²) in [7, 11) is 0. The zero-order chi connectivity index (χ0) is 17.3. The average molecular weight is 330 g/mol. The Morgan fingerprint density at radius 1 is 1.33 bits per heavy atom. The maximum Gasteiger partial charge on any atom is 0.323 e. The van der Waals surface area contributed by atoms with Crippen molar-refractivity contribution in [3.8, 4) is 0 Å². The van der Waals surface area contributed by atoms with E-state index in [1.807, 2.05) is 23.1 Å². The number of nitrogens with one attached hydrogen (secondary N) is 2. The monoisotopic (exact) mass is 330 g/mol. The first-order valence-corrected chi connectivity index (χ1v) is 8.59. The van der Waals surface area contributed by atoms with E-state index in [4.69, 9.17) is 5.73 Å². The van der Waals surface area contributed by atoms with E-state index in [1.165, 1.54) is 0 Å². The SMILES string of the molecule is CC1(C)CN(C(=O)CCCc2ccc3[nH]c(=O)[nH]c3c2)CCC1N. The van der Waals surface area contributed by atoms with E-state index in [2.05, 4.69) is 23.8 Å². The number of hydrogen-bond acceptors (Lipinski definition) is 3. The lowest BCUT2D eigenvalue weighted by Crippen LogP contribution is -2.53. The van der Waals surface area contributed by atoms with E-state index in [9.17, 15) is 9.59 Å². The molecular formula is C18H26N4O2. The van der Waals surface area contributed by atoms with Gasteiger partial charge in [0.05, 0.1) is 11.0 Å². The first kappa shape index (κ1) is 16.8.